The van der Waals surface area contributed by atoms with Crippen molar-refractivity contribution in [1.29, 1.82) is 0 Å². The van der Waals surface area contributed by atoms with Crippen LogP contribution in [-0.2, 0) is 4.74 Å². The molecule has 2 N–H and O–H groups in total. The lowest BCUT2D eigenvalue weighted by molar-refractivity contribution is 0.0854. The summed E-state index contributed by atoms with van der Waals surface area (Å²) >= 11 is 0. The molecule has 7 heteroatoms. The Labute approximate surface area is 192 Å². The van der Waals surface area contributed by atoms with Gasteiger partial charge in [0.1, 0.15) is 5.69 Å². The third-order valence-corrected chi connectivity index (χ3v) is 5.98. The predicted molar refractivity (Wildman–Crippen MR) is 128 cm³/mol. The Kier molecular flexibility index (Phi) is 5.88. The van der Waals surface area contributed by atoms with E-state index in [1.165, 1.54) is 0 Å². The number of amides is 1. The van der Waals surface area contributed by atoms with Gasteiger partial charge in [-0.2, -0.15) is 0 Å². The van der Waals surface area contributed by atoms with E-state index in [4.69, 9.17) is 19.2 Å². The standard InChI is InChI=1S/C26H27N3O4/c1-3-32-22-11-10-16(13-23(22)31-2)24-25-19(18-8-4-5-9-20(18)28-25)14-21(29-24)26(30)27-15-17-7-6-12-33-17/h4-5,8-11,13-14,17,28H,3,6-7,12,15H2,1-2H3,(H,27,30)/t17-/m1/s1. The minimum Gasteiger partial charge on any atom is -0.493 e. The van der Waals surface area contributed by atoms with E-state index in [-0.39, 0.29) is 12.0 Å². The number of aromatic amines is 1. The molecule has 170 valence electrons. The normalized spacial score (nSPS) is 15.8. The fourth-order valence-corrected chi connectivity index (χ4v) is 4.36. The van der Waals surface area contributed by atoms with Crippen molar-refractivity contribution in [2.75, 3.05) is 26.9 Å². The molecule has 4 aromatic rings. The molecule has 1 aliphatic rings. The second-order valence-electron chi connectivity index (χ2n) is 8.09. The van der Waals surface area contributed by atoms with E-state index in [1.807, 2.05) is 55.5 Å². The Hall–Kier alpha value is -3.58. The molecule has 7 nitrogen and oxygen atoms in total. The molecule has 0 aliphatic carbocycles. The Bertz CT molecular complexity index is 1310. The summed E-state index contributed by atoms with van der Waals surface area (Å²) in [6.07, 6.45) is 2.07. The molecular formula is C26H27N3O4. The Morgan fingerprint density at radius 3 is 2.85 bits per heavy atom. The average Bonchev–Trinajstić information content (AvgIpc) is 3.50. The van der Waals surface area contributed by atoms with E-state index in [9.17, 15) is 4.79 Å². The number of carbonyl (C=O) groups is 1. The second-order valence-corrected chi connectivity index (χ2v) is 8.09. The van der Waals surface area contributed by atoms with Gasteiger partial charge in [0.05, 0.1) is 31.0 Å². The first-order valence-corrected chi connectivity index (χ1v) is 11.3. The molecular weight excluding hydrogens is 418 g/mol. The first kappa shape index (κ1) is 21.3. The van der Waals surface area contributed by atoms with Gasteiger partial charge in [0.2, 0.25) is 0 Å². The third kappa shape index (κ3) is 4.12. The number of hydrogen-bond donors (Lipinski definition) is 2. The Balaban J connectivity index is 1.61. The third-order valence-electron chi connectivity index (χ3n) is 5.98. The minimum absolute atomic E-state index is 0.0700. The zero-order valence-corrected chi connectivity index (χ0v) is 18.8. The number of hydrogen-bond acceptors (Lipinski definition) is 5. The molecule has 0 saturated carbocycles. The molecule has 0 unspecified atom stereocenters. The molecule has 1 aliphatic heterocycles. The number of nitrogens with zero attached hydrogens (tertiary/aromatic N) is 1. The maximum atomic E-state index is 13.1. The second kappa shape index (κ2) is 9.11. The van der Waals surface area contributed by atoms with Gasteiger partial charge in [0, 0.05) is 35.0 Å². The number of carbonyl (C=O) groups excluding carboxylic acids is 1. The molecule has 2 aromatic carbocycles. The highest BCUT2D eigenvalue weighted by atomic mass is 16.5. The Morgan fingerprint density at radius 2 is 2.06 bits per heavy atom. The van der Waals surface area contributed by atoms with Crippen molar-refractivity contribution in [3.63, 3.8) is 0 Å². The monoisotopic (exact) mass is 445 g/mol. The van der Waals surface area contributed by atoms with Gasteiger partial charge in [-0.3, -0.25) is 4.79 Å². The highest BCUT2D eigenvalue weighted by molar-refractivity contribution is 6.13. The van der Waals surface area contributed by atoms with Crippen LogP contribution in [0.2, 0.25) is 0 Å². The van der Waals surface area contributed by atoms with Gasteiger partial charge in [0.25, 0.3) is 5.91 Å². The van der Waals surface area contributed by atoms with Crippen LogP contribution in [0.3, 0.4) is 0 Å². The van der Waals surface area contributed by atoms with Crippen molar-refractivity contribution in [3.05, 3.63) is 54.2 Å². The molecule has 3 heterocycles. The van der Waals surface area contributed by atoms with E-state index in [1.54, 1.807) is 7.11 Å². The zero-order valence-electron chi connectivity index (χ0n) is 18.8. The topological polar surface area (TPSA) is 85.5 Å². The molecule has 1 amide bonds. The van der Waals surface area contributed by atoms with Crippen molar-refractivity contribution in [1.82, 2.24) is 15.3 Å². The summed E-state index contributed by atoms with van der Waals surface area (Å²) in [6, 6.07) is 15.6. The zero-order chi connectivity index (χ0) is 22.8. The average molecular weight is 446 g/mol. The summed E-state index contributed by atoms with van der Waals surface area (Å²) in [5, 5.41) is 4.99. The number of aromatic nitrogens is 2. The maximum absolute atomic E-state index is 13.1. The number of fused-ring (bicyclic) bond motifs is 3. The van der Waals surface area contributed by atoms with Crippen molar-refractivity contribution in [2.45, 2.75) is 25.9 Å². The first-order valence-electron chi connectivity index (χ1n) is 11.3. The Morgan fingerprint density at radius 1 is 1.18 bits per heavy atom. The summed E-state index contributed by atoms with van der Waals surface area (Å²) in [5.74, 6) is 1.08. The summed E-state index contributed by atoms with van der Waals surface area (Å²) in [5.41, 5.74) is 3.75. The number of ether oxygens (including phenoxy) is 3. The van der Waals surface area contributed by atoms with Gasteiger partial charge >= 0.3 is 0 Å². The van der Waals surface area contributed by atoms with E-state index in [0.717, 1.165) is 46.8 Å². The van der Waals surface area contributed by atoms with Crippen LogP contribution in [0.25, 0.3) is 33.1 Å². The quantitative estimate of drug-likeness (QED) is 0.431. The van der Waals surface area contributed by atoms with Crippen molar-refractivity contribution in [2.24, 2.45) is 0 Å². The van der Waals surface area contributed by atoms with Crippen LogP contribution in [0.1, 0.15) is 30.3 Å². The summed E-state index contributed by atoms with van der Waals surface area (Å²) in [7, 11) is 1.61. The molecule has 0 bridgehead atoms. The van der Waals surface area contributed by atoms with Gasteiger partial charge < -0.3 is 24.5 Å². The van der Waals surface area contributed by atoms with Crippen LogP contribution in [0.4, 0.5) is 0 Å². The molecule has 0 radical (unpaired) electrons. The number of nitrogens with one attached hydrogen (secondary N) is 2. The summed E-state index contributed by atoms with van der Waals surface area (Å²) in [4.78, 5) is 21.3. The van der Waals surface area contributed by atoms with Crippen LogP contribution < -0.4 is 14.8 Å². The van der Waals surface area contributed by atoms with Crippen LogP contribution in [-0.4, -0.2) is 48.8 Å². The highest BCUT2D eigenvalue weighted by Crippen LogP contribution is 2.36. The van der Waals surface area contributed by atoms with Gasteiger partial charge in [0.15, 0.2) is 11.5 Å². The van der Waals surface area contributed by atoms with Crippen LogP contribution >= 0.6 is 0 Å². The SMILES string of the molecule is CCOc1ccc(-c2nc(C(=O)NC[C@H]3CCCO3)cc3c2[nH]c2ccccc23)cc1OC. The summed E-state index contributed by atoms with van der Waals surface area (Å²) < 4.78 is 16.9. The molecule has 2 aromatic heterocycles. The largest absolute Gasteiger partial charge is 0.493 e. The molecule has 1 saturated heterocycles. The predicted octanol–water partition coefficient (Wildman–Crippen LogP) is 4.70. The number of benzene rings is 2. The summed E-state index contributed by atoms with van der Waals surface area (Å²) in [6.45, 7) is 3.71. The van der Waals surface area contributed by atoms with Crippen LogP contribution in [0, 0.1) is 0 Å². The van der Waals surface area contributed by atoms with Gasteiger partial charge in [-0.05, 0) is 50.1 Å². The highest BCUT2D eigenvalue weighted by Gasteiger charge is 2.20. The fraction of sp³-hybridized carbons (Fsp3) is 0.308. The van der Waals surface area contributed by atoms with Gasteiger partial charge in [-0.1, -0.05) is 18.2 Å². The molecule has 1 atom stereocenters. The van der Waals surface area contributed by atoms with Gasteiger partial charge in [-0.15, -0.1) is 0 Å². The number of pyridine rings is 1. The molecule has 33 heavy (non-hydrogen) atoms. The maximum Gasteiger partial charge on any atom is 0.270 e. The van der Waals surface area contributed by atoms with Crippen LogP contribution in [0.5, 0.6) is 11.5 Å². The van der Waals surface area contributed by atoms with Crippen LogP contribution in [0.15, 0.2) is 48.5 Å². The van der Waals surface area contributed by atoms with Crippen molar-refractivity contribution in [3.8, 4) is 22.8 Å². The molecule has 1 fully saturated rings. The number of methoxy groups -OCH3 is 1. The first-order chi connectivity index (χ1) is 16.2. The van der Waals surface area contributed by atoms with Gasteiger partial charge in [-0.25, -0.2) is 4.98 Å². The van der Waals surface area contributed by atoms with Crippen molar-refractivity contribution >= 4 is 27.7 Å². The number of para-hydroxylation sites is 1. The van der Waals surface area contributed by atoms with Crippen molar-refractivity contribution < 1.29 is 19.0 Å². The van der Waals surface area contributed by atoms with E-state index in [2.05, 4.69) is 10.3 Å². The smallest absolute Gasteiger partial charge is 0.270 e. The van der Waals surface area contributed by atoms with E-state index >= 15 is 0 Å². The number of H-pyrrole nitrogens is 1. The molecule has 5 rings (SSSR count). The lowest BCUT2D eigenvalue weighted by Crippen LogP contribution is -2.32. The fourth-order valence-electron chi connectivity index (χ4n) is 4.36. The number of rotatable bonds is 7. The lowest BCUT2D eigenvalue weighted by Gasteiger charge is -2.13. The molecule has 0 spiro atoms. The van der Waals surface area contributed by atoms with E-state index in [0.29, 0.717) is 36.0 Å². The van der Waals surface area contributed by atoms with E-state index < -0.39 is 0 Å². The minimum atomic E-state index is -0.211. The lowest BCUT2D eigenvalue weighted by atomic mass is 10.1.